The molecule has 2 amide bonds. The molecule has 2 aromatic carbocycles. The topological polar surface area (TPSA) is 111 Å². The van der Waals surface area contributed by atoms with Gasteiger partial charge in [0.2, 0.25) is 5.91 Å². The molecule has 0 spiro atoms. The lowest BCUT2D eigenvalue weighted by Gasteiger charge is -2.20. The highest BCUT2D eigenvalue weighted by atomic mass is 16.3. The van der Waals surface area contributed by atoms with Crippen molar-refractivity contribution in [1.82, 2.24) is 10.3 Å². The molecular formula is C20H22N4O4. The van der Waals surface area contributed by atoms with Gasteiger partial charge in [-0.2, -0.15) is 0 Å². The van der Waals surface area contributed by atoms with Gasteiger partial charge in [0.15, 0.2) is 5.78 Å². The second-order valence-corrected chi connectivity index (χ2v) is 6.28. The van der Waals surface area contributed by atoms with Crippen LogP contribution in [-0.2, 0) is 16.0 Å². The minimum absolute atomic E-state index is 0.0526. The summed E-state index contributed by atoms with van der Waals surface area (Å²) in [5.74, 6) is -0.717. The van der Waals surface area contributed by atoms with Gasteiger partial charge >= 0.3 is 0 Å². The number of nitrogens with zero attached hydrogens (tertiary/aromatic N) is 3. The summed E-state index contributed by atoms with van der Waals surface area (Å²) >= 11 is 0. The van der Waals surface area contributed by atoms with E-state index in [0.29, 0.717) is 11.3 Å². The molecular weight excluding hydrogens is 360 g/mol. The molecule has 146 valence electrons. The number of rotatable bonds is 7. The quantitative estimate of drug-likeness (QED) is 0.436. The van der Waals surface area contributed by atoms with Crippen LogP contribution in [0.15, 0.2) is 58.9 Å². The van der Waals surface area contributed by atoms with Crippen LogP contribution in [0, 0.1) is 0 Å². The maximum Gasteiger partial charge on any atom is 0.266 e. The van der Waals surface area contributed by atoms with Crippen molar-refractivity contribution in [2.24, 2.45) is 10.3 Å². The fraction of sp³-hybridized carbons (Fsp3) is 0.250. The van der Waals surface area contributed by atoms with Crippen molar-refractivity contribution in [3.63, 3.8) is 0 Å². The van der Waals surface area contributed by atoms with Gasteiger partial charge in [-0.25, -0.2) is 5.01 Å². The number of ketones is 1. The van der Waals surface area contributed by atoms with Crippen LogP contribution in [0.5, 0.6) is 5.75 Å². The first kappa shape index (κ1) is 20.8. The Bertz CT molecular complexity index is 876. The number of aromatic hydroxyl groups is 1. The molecule has 8 nitrogen and oxygen atoms in total. The molecule has 0 saturated heterocycles. The highest BCUT2D eigenvalue weighted by Crippen LogP contribution is 2.15. The van der Waals surface area contributed by atoms with Gasteiger partial charge in [-0.3, -0.25) is 14.4 Å². The smallest absolute Gasteiger partial charge is 0.266 e. The number of phenolic OH excluding ortho intramolecular Hbond substituents is 1. The lowest BCUT2D eigenvalue weighted by atomic mass is 10.0. The summed E-state index contributed by atoms with van der Waals surface area (Å²) in [5, 5.41) is 20.9. The van der Waals surface area contributed by atoms with E-state index in [1.807, 2.05) is 0 Å². The van der Waals surface area contributed by atoms with Crippen molar-refractivity contribution in [1.29, 1.82) is 0 Å². The number of hydrogen-bond donors (Lipinski definition) is 2. The van der Waals surface area contributed by atoms with Gasteiger partial charge in [-0.15, -0.1) is 5.11 Å². The molecule has 0 aliphatic heterocycles. The van der Waals surface area contributed by atoms with E-state index in [1.165, 1.54) is 33.0 Å². The Hall–Kier alpha value is -3.55. The summed E-state index contributed by atoms with van der Waals surface area (Å²) in [4.78, 5) is 35.5. The van der Waals surface area contributed by atoms with E-state index in [2.05, 4.69) is 15.7 Å². The molecule has 0 bridgehead atoms. The molecule has 1 unspecified atom stereocenters. The van der Waals surface area contributed by atoms with Gasteiger partial charge in [-0.05, 0) is 48.9 Å². The monoisotopic (exact) mass is 382 g/mol. The van der Waals surface area contributed by atoms with Crippen molar-refractivity contribution >= 4 is 23.3 Å². The second-order valence-electron chi connectivity index (χ2n) is 6.28. The van der Waals surface area contributed by atoms with Crippen LogP contribution >= 0.6 is 0 Å². The van der Waals surface area contributed by atoms with Crippen LogP contribution in [0.1, 0.15) is 29.8 Å². The highest BCUT2D eigenvalue weighted by molar-refractivity contribution is 5.94. The van der Waals surface area contributed by atoms with Crippen molar-refractivity contribution in [2.45, 2.75) is 26.3 Å². The lowest BCUT2D eigenvalue weighted by molar-refractivity contribution is -0.135. The van der Waals surface area contributed by atoms with Gasteiger partial charge in [0.1, 0.15) is 11.8 Å². The minimum Gasteiger partial charge on any atom is -0.508 e. The van der Waals surface area contributed by atoms with Gasteiger partial charge in [0.05, 0.1) is 5.69 Å². The van der Waals surface area contributed by atoms with Gasteiger partial charge in [-0.1, -0.05) is 17.4 Å². The Morgan fingerprint density at radius 3 is 2.18 bits per heavy atom. The maximum atomic E-state index is 12.7. The molecule has 0 aromatic heterocycles. The van der Waals surface area contributed by atoms with Crippen LogP contribution in [0.25, 0.3) is 0 Å². The zero-order valence-electron chi connectivity index (χ0n) is 15.9. The van der Waals surface area contributed by atoms with Gasteiger partial charge < -0.3 is 10.4 Å². The molecule has 0 heterocycles. The number of likely N-dealkylation sites (N-methyl/N-ethyl adjacent to an activating group) is 1. The lowest BCUT2D eigenvalue weighted by Crippen LogP contribution is -2.46. The van der Waals surface area contributed by atoms with Crippen LogP contribution in [0.2, 0.25) is 0 Å². The fourth-order valence-electron chi connectivity index (χ4n) is 2.46. The Labute approximate surface area is 162 Å². The first-order valence-electron chi connectivity index (χ1n) is 8.61. The van der Waals surface area contributed by atoms with E-state index >= 15 is 0 Å². The third-order valence-corrected chi connectivity index (χ3v) is 3.94. The second kappa shape index (κ2) is 9.40. The molecule has 0 saturated carbocycles. The molecule has 2 N–H and O–H groups in total. The number of amides is 2. The summed E-state index contributed by atoms with van der Waals surface area (Å²) < 4.78 is 0. The SMILES string of the molecule is CC(=O)NC(Cc1ccc(O)cc1)C(=O)N(C)N=Nc1ccc(C(C)=O)cc1. The largest absolute Gasteiger partial charge is 0.508 e. The fourth-order valence-corrected chi connectivity index (χ4v) is 2.46. The summed E-state index contributed by atoms with van der Waals surface area (Å²) in [7, 11) is 1.45. The Morgan fingerprint density at radius 2 is 1.64 bits per heavy atom. The van der Waals surface area contributed by atoms with Crippen LogP contribution in [0.3, 0.4) is 0 Å². The molecule has 1 atom stereocenters. The first-order valence-corrected chi connectivity index (χ1v) is 8.61. The van der Waals surface area contributed by atoms with Crippen LogP contribution < -0.4 is 5.32 Å². The molecule has 0 aliphatic rings. The standard InChI is InChI=1S/C20H22N4O4/c1-13(25)16-6-8-17(9-7-16)22-23-24(3)20(28)19(21-14(2)26)12-15-4-10-18(27)11-5-15/h4-11,19,27H,12H2,1-3H3,(H,21,26). The zero-order valence-corrected chi connectivity index (χ0v) is 15.9. The number of nitrogens with one attached hydrogen (secondary N) is 1. The maximum absolute atomic E-state index is 12.7. The van der Waals surface area contributed by atoms with Crippen molar-refractivity contribution in [2.75, 3.05) is 7.05 Å². The normalized spacial score (nSPS) is 11.8. The predicted molar refractivity (Wildman–Crippen MR) is 103 cm³/mol. The molecule has 2 rings (SSSR count). The number of hydrogen-bond acceptors (Lipinski definition) is 6. The minimum atomic E-state index is -0.828. The van der Waals surface area contributed by atoms with E-state index < -0.39 is 11.9 Å². The molecule has 8 heteroatoms. The summed E-state index contributed by atoms with van der Waals surface area (Å²) in [5.41, 5.74) is 1.82. The Kier molecular flexibility index (Phi) is 6.97. The van der Waals surface area contributed by atoms with E-state index in [0.717, 1.165) is 10.6 Å². The van der Waals surface area contributed by atoms with Crippen LogP contribution in [-0.4, -0.2) is 40.8 Å². The summed E-state index contributed by atoms with van der Waals surface area (Å²) in [6, 6.07) is 12.1. The molecule has 2 aromatic rings. The summed E-state index contributed by atoms with van der Waals surface area (Å²) in [6.45, 7) is 2.80. The molecule has 0 radical (unpaired) electrons. The third kappa shape index (κ3) is 6.01. The number of carbonyl (C=O) groups is 3. The molecule has 0 aliphatic carbocycles. The third-order valence-electron chi connectivity index (χ3n) is 3.94. The zero-order chi connectivity index (χ0) is 20.7. The van der Waals surface area contributed by atoms with E-state index in [-0.39, 0.29) is 23.9 Å². The molecule has 28 heavy (non-hydrogen) atoms. The first-order chi connectivity index (χ1) is 13.3. The Morgan fingerprint density at radius 1 is 1.04 bits per heavy atom. The summed E-state index contributed by atoms with van der Waals surface area (Å²) in [6.07, 6.45) is 0.242. The van der Waals surface area contributed by atoms with Crippen molar-refractivity contribution in [3.05, 3.63) is 59.7 Å². The number of benzene rings is 2. The Balaban J connectivity index is 2.09. The predicted octanol–water partition coefficient (Wildman–Crippen LogP) is 2.80. The average Bonchev–Trinajstić information content (AvgIpc) is 2.66. The van der Waals surface area contributed by atoms with Crippen LogP contribution in [0.4, 0.5) is 5.69 Å². The van der Waals surface area contributed by atoms with E-state index in [1.54, 1.807) is 36.4 Å². The van der Waals surface area contributed by atoms with Gasteiger partial charge in [0, 0.05) is 26.0 Å². The number of phenols is 1. The number of Topliss-reactive ketones (excluding diaryl/α,β-unsaturated/α-hetero) is 1. The van der Waals surface area contributed by atoms with E-state index in [9.17, 15) is 19.5 Å². The van der Waals surface area contributed by atoms with Crippen molar-refractivity contribution in [3.8, 4) is 5.75 Å². The number of carbonyl (C=O) groups excluding carboxylic acids is 3. The highest BCUT2D eigenvalue weighted by Gasteiger charge is 2.23. The van der Waals surface area contributed by atoms with Crippen molar-refractivity contribution < 1.29 is 19.5 Å². The van der Waals surface area contributed by atoms with E-state index in [4.69, 9.17) is 0 Å². The molecule has 0 fully saturated rings. The van der Waals surface area contributed by atoms with Gasteiger partial charge in [0.25, 0.3) is 5.91 Å². The average molecular weight is 382 g/mol.